The van der Waals surface area contributed by atoms with E-state index >= 15 is 0 Å². The molecule has 0 unspecified atom stereocenters. The molecule has 28 heavy (non-hydrogen) atoms. The number of hydrogen-bond donors (Lipinski definition) is 1. The second kappa shape index (κ2) is 7.64. The maximum absolute atomic E-state index is 12.9. The molecule has 0 spiro atoms. The number of benzene rings is 1. The van der Waals surface area contributed by atoms with Gasteiger partial charge in [-0.2, -0.15) is 5.01 Å². The molecule has 1 aromatic heterocycles. The van der Waals surface area contributed by atoms with E-state index in [4.69, 9.17) is 17.0 Å². The SMILES string of the molecule is CCOc1cc(/C=C2\SC(=S)N(n3c(C)ccc3C)C2=O)cc([N+](=O)[O-])c1O. The summed E-state index contributed by atoms with van der Waals surface area (Å²) in [5, 5.41) is 22.6. The molecule has 0 bridgehead atoms. The van der Waals surface area contributed by atoms with E-state index in [1.54, 1.807) is 11.6 Å². The average molecular weight is 419 g/mol. The van der Waals surface area contributed by atoms with Gasteiger partial charge in [-0.3, -0.25) is 19.6 Å². The number of carbonyl (C=O) groups excluding carboxylic acids is 1. The van der Waals surface area contributed by atoms with Crippen LogP contribution in [0.3, 0.4) is 0 Å². The van der Waals surface area contributed by atoms with E-state index in [9.17, 15) is 20.0 Å². The van der Waals surface area contributed by atoms with Gasteiger partial charge in [-0.1, -0.05) is 11.8 Å². The molecule has 1 aromatic carbocycles. The number of nitro benzene ring substituents is 1. The number of hydrogen-bond acceptors (Lipinski definition) is 7. The summed E-state index contributed by atoms with van der Waals surface area (Å²) >= 11 is 6.47. The molecule has 0 saturated carbocycles. The van der Waals surface area contributed by atoms with E-state index in [0.717, 1.165) is 23.1 Å². The molecule has 1 aliphatic rings. The van der Waals surface area contributed by atoms with Crippen molar-refractivity contribution >= 4 is 46.0 Å². The molecule has 0 radical (unpaired) electrons. The van der Waals surface area contributed by atoms with Crippen molar-refractivity contribution in [2.45, 2.75) is 20.8 Å². The van der Waals surface area contributed by atoms with E-state index in [1.807, 2.05) is 26.0 Å². The van der Waals surface area contributed by atoms with E-state index in [-0.39, 0.29) is 18.3 Å². The molecular weight excluding hydrogens is 402 g/mol. The highest BCUT2D eigenvalue weighted by atomic mass is 32.2. The summed E-state index contributed by atoms with van der Waals surface area (Å²) in [7, 11) is 0. The van der Waals surface area contributed by atoms with E-state index in [1.165, 1.54) is 23.2 Å². The fourth-order valence-electron chi connectivity index (χ4n) is 2.86. The van der Waals surface area contributed by atoms with Crippen LogP contribution in [0, 0.1) is 24.0 Å². The molecule has 1 amide bonds. The predicted octanol–water partition coefficient (Wildman–Crippen LogP) is 3.65. The van der Waals surface area contributed by atoms with Gasteiger partial charge in [0.2, 0.25) is 5.75 Å². The van der Waals surface area contributed by atoms with Gasteiger partial charge in [0.25, 0.3) is 5.91 Å². The Labute approximate surface area is 170 Å². The summed E-state index contributed by atoms with van der Waals surface area (Å²) in [6, 6.07) is 6.41. The molecule has 0 aliphatic carbocycles. The van der Waals surface area contributed by atoms with Crippen LogP contribution in [0.25, 0.3) is 6.08 Å². The van der Waals surface area contributed by atoms with Crippen molar-refractivity contribution < 1.29 is 19.6 Å². The monoisotopic (exact) mass is 419 g/mol. The molecule has 1 fully saturated rings. The molecule has 1 aliphatic heterocycles. The Balaban J connectivity index is 2.04. The summed E-state index contributed by atoms with van der Waals surface area (Å²) in [6.45, 7) is 5.66. The fourth-order valence-corrected chi connectivity index (χ4v) is 4.10. The number of nitro groups is 1. The largest absolute Gasteiger partial charge is 0.500 e. The number of phenols is 1. The standard InChI is InChI=1S/C18H17N3O5S2/c1-4-26-14-8-12(7-13(16(14)22)21(24)25)9-15-17(23)20(18(27)28-15)19-10(2)5-6-11(19)3/h5-9,22H,4H2,1-3H3/b15-9-. The summed E-state index contributed by atoms with van der Waals surface area (Å²) in [4.78, 5) is 23.8. The Hall–Kier alpha value is -2.85. The highest BCUT2D eigenvalue weighted by molar-refractivity contribution is 8.27. The van der Waals surface area contributed by atoms with Crippen molar-refractivity contribution in [2.75, 3.05) is 11.6 Å². The summed E-state index contributed by atoms with van der Waals surface area (Å²) in [6.07, 6.45) is 1.50. The molecule has 1 saturated heterocycles. The van der Waals surface area contributed by atoms with Gasteiger partial charge >= 0.3 is 5.69 Å². The maximum Gasteiger partial charge on any atom is 0.315 e. The molecule has 3 rings (SSSR count). The Morgan fingerprint density at radius 2 is 1.96 bits per heavy atom. The first kappa shape index (κ1) is 19.9. The number of phenolic OH excluding ortho intramolecular Hbond substituents is 1. The minimum Gasteiger partial charge on any atom is -0.500 e. The molecule has 10 heteroatoms. The number of ether oxygens (including phenoxy) is 1. The highest BCUT2D eigenvalue weighted by Gasteiger charge is 2.35. The van der Waals surface area contributed by atoms with Gasteiger partial charge in [-0.05, 0) is 62.8 Å². The van der Waals surface area contributed by atoms with Crippen LogP contribution in [0.2, 0.25) is 0 Å². The van der Waals surface area contributed by atoms with Gasteiger partial charge in [0.05, 0.1) is 16.4 Å². The van der Waals surface area contributed by atoms with Crippen LogP contribution in [0.15, 0.2) is 29.2 Å². The average Bonchev–Trinajstić information content (AvgIpc) is 3.09. The molecule has 8 nitrogen and oxygen atoms in total. The first-order valence-corrected chi connectivity index (χ1v) is 9.54. The minimum atomic E-state index is -0.701. The zero-order chi connectivity index (χ0) is 20.6. The van der Waals surface area contributed by atoms with Crippen molar-refractivity contribution in [3.63, 3.8) is 0 Å². The lowest BCUT2D eigenvalue weighted by Gasteiger charge is -2.20. The minimum absolute atomic E-state index is 0.0180. The van der Waals surface area contributed by atoms with Crippen LogP contribution in [-0.2, 0) is 4.79 Å². The van der Waals surface area contributed by atoms with Crippen LogP contribution < -0.4 is 9.75 Å². The van der Waals surface area contributed by atoms with Gasteiger partial charge in [0.1, 0.15) is 0 Å². The highest BCUT2D eigenvalue weighted by Crippen LogP contribution is 2.39. The lowest BCUT2D eigenvalue weighted by molar-refractivity contribution is -0.386. The molecular formula is C18H17N3O5S2. The smallest absolute Gasteiger partial charge is 0.315 e. The predicted molar refractivity (Wildman–Crippen MR) is 111 cm³/mol. The van der Waals surface area contributed by atoms with Gasteiger partial charge in [-0.15, -0.1) is 0 Å². The van der Waals surface area contributed by atoms with Crippen LogP contribution in [0.5, 0.6) is 11.5 Å². The van der Waals surface area contributed by atoms with Gasteiger partial charge < -0.3 is 9.84 Å². The summed E-state index contributed by atoms with van der Waals surface area (Å²) in [5.74, 6) is -0.892. The normalized spacial score (nSPS) is 15.5. The number of carbonyl (C=O) groups is 1. The quantitative estimate of drug-likeness (QED) is 0.342. The number of nitrogens with zero attached hydrogens (tertiary/aromatic N) is 3. The second-order valence-corrected chi connectivity index (χ2v) is 7.67. The number of rotatable bonds is 5. The number of thiocarbonyl (C=S) groups is 1. The third-order valence-electron chi connectivity index (χ3n) is 4.08. The first-order chi connectivity index (χ1) is 13.2. The first-order valence-electron chi connectivity index (χ1n) is 8.32. The number of aromatic nitrogens is 1. The van der Waals surface area contributed by atoms with Gasteiger partial charge in [0.15, 0.2) is 10.1 Å². The van der Waals surface area contributed by atoms with Gasteiger partial charge in [0, 0.05) is 17.5 Å². The van der Waals surface area contributed by atoms with E-state index in [0.29, 0.717) is 14.8 Å². The van der Waals surface area contributed by atoms with Crippen molar-refractivity contribution in [3.8, 4) is 11.5 Å². The zero-order valence-electron chi connectivity index (χ0n) is 15.3. The van der Waals surface area contributed by atoms with Crippen LogP contribution >= 0.6 is 24.0 Å². The maximum atomic E-state index is 12.9. The van der Waals surface area contributed by atoms with Crippen molar-refractivity contribution in [1.82, 2.24) is 4.68 Å². The van der Waals surface area contributed by atoms with Crippen molar-refractivity contribution in [3.05, 3.63) is 56.2 Å². The fraction of sp³-hybridized carbons (Fsp3) is 0.222. The molecule has 2 aromatic rings. The lowest BCUT2D eigenvalue weighted by Crippen LogP contribution is -2.39. The van der Waals surface area contributed by atoms with Crippen LogP contribution in [0.4, 0.5) is 5.69 Å². The molecule has 146 valence electrons. The molecule has 1 N–H and O–H groups in total. The Morgan fingerprint density at radius 3 is 2.54 bits per heavy atom. The third kappa shape index (κ3) is 3.48. The van der Waals surface area contributed by atoms with Gasteiger partial charge in [-0.25, -0.2) is 0 Å². The number of amides is 1. The third-order valence-corrected chi connectivity index (χ3v) is 5.36. The van der Waals surface area contributed by atoms with Crippen molar-refractivity contribution in [1.29, 1.82) is 0 Å². The zero-order valence-corrected chi connectivity index (χ0v) is 17.0. The number of aryl methyl sites for hydroxylation is 2. The number of aromatic hydroxyl groups is 1. The summed E-state index contributed by atoms with van der Waals surface area (Å²) < 4.78 is 7.36. The summed E-state index contributed by atoms with van der Waals surface area (Å²) in [5.41, 5.74) is 1.57. The Kier molecular flexibility index (Phi) is 5.43. The number of thioether (sulfide) groups is 1. The lowest BCUT2D eigenvalue weighted by atomic mass is 10.1. The Morgan fingerprint density at radius 1 is 1.32 bits per heavy atom. The topological polar surface area (TPSA) is 97.8 Å². The molecule has 2 heterocycles. The van der Waals surface area contributed by atoms with E-state index < -0.39 is 16.4 Å². The molecule has 0 atom stereocenters. The van der Waals surface area contributed by atoms with Crippen LogP contribution in [0.1, 0.15) is 23.9 Å². The van der Waals surface area contributed by atoms with Crippen molar-refractivity contribution in [2.24, 2.45) is 0 Å². The van der Waals surface area contributed by atoms with E-state index in [2.05, 4.69) is 0 Å². The second-order valence-electron chi connectivity index (χ2n) is 6.00. The van der Waals surface area contributed by atoms with Crippen LogP contribution in [-0.4, -0.2) is 31.5 Å². The Bertz CT molecular complexity index is 1010.